The monoisotopic (exact) mass is 996 g/mol. The van der Waals surface area contributed by atoms with Crippen LogP contribution in [0.5, 0.6) is 5.75 Å². The average Bonchev–Trinajstić information content (AvgIpc) is 3.37. The maximum atomic E-state index is 13.9. The predicted octanol–water partition coefficient (Wildman–Crippen LogP) is -1.71. The number of carboxylic acids is 1. The van der Waals surface area contributed by atoms with E-state index in [-0.39, 0.29) is 70.3 Å². The molecular weight excluding hydrogens is 941 g/mol. The molecule has 0 spiro atoms. The summed E-state index contributed by atoms with van der Waals surface area (Å²) in [5, 5.41) is 53.3. The molecule has 1 aliphatic heterocycles. The Bertz CT molecular complexity index is 2510. The van der Waals surface area contributed by atoms with Crippen LogP contribution in [0.25, 0.3) is 22.8 Å². The summed E-state index contributed by atoms with van der Waals surface area (Å²) in [7, 11) is 0. The van der Waals surface area contributed by atoms with Crippen LogP contribution in [-0.2, 0) is 56.1 Å². The van der Waals surface area contributed by atoms with Gasteiger partial charge in [0.15, 0.2) is 5.96 Å². The van der Waals surface area contributed by atoms with E-state index in [2.05, 4.69) is 62.6 Å². The number of nitrogens with zero attached hydrogens (tertiary/aromatic N) is 5. The highest BCUT2D eigenvalue weighted by atomic mass is 16.5. The molecule has 0 saturated carbocycles. The molecule has 26 nitrogen and oxygen atoms in total. The van der Waals surface area contributed by atoms with Crippen molar-refractivity contribution in [2.24, 2.45) is 16.5 Å². The molecule has 7 amide bonds. The van der Waals surface area contributed by atoms with Gasteiger partial charge in [-0.05, 0) is 42.5 Å². The summed E-state index contributed by atoms with van der Waals surface area (Å²) >= 11 is 0. The van der Waals surface area contributed by atoms with Gasteiger partial charge in [0, 0.05) is 37.1 Å². The van der Waals surface area contributed by atoms with Crippen LogP contribution in [0.4, 0.5) is 4.79 Å². The zero-order chi connectivity index (χ0) is 51.8. The van der Waals surface area contributed by atoms with Crippen LogP contribution >= 0.6 is 0 Å². The lowest BCUT2D eigenvalue weighted by Gasteiger charge is -2.25. The van der Waals surface area contributed by atoms with E-state index in [9.17, 15) is 48.6 Å². The van der Waals surface area contributed by atoms with Gasteiger partial charge in [-0.1, -0.05) is 66.7 Å². The number of nitrogens with one attached hydrogen (secondary N) is 7. The number of aromatic hydroxyl groups is 1. The maximum absolute atomic E-state index is 13.9. The number of carbonyl (C=O) groups excluding carboxylic acids is 7. The van der Waals surface area contributed by atoms with Crippen LogP contribution in [0.3, 0.4) is 0 Å². The van der Waals surface area contributed by atoms with Gasteiger partial charge in [-0.2, -0.15) is 0 Å². The van der Waals surface area contributed by atoms with Crippen LogP contribution in [0.2, 0.25) is 0 Å². The van der Waals surface area contributed by atoms with Gasteiger partial charge in [0.1, 0.15) is 36.5 Å². The number of phenolic OH excluding ortho intramolecular Hbond substituents is 1. The zero-order valence-electron chi connectivity index (χ0n) is 38.9. The van der Waals surface area contributed by atoms with Crippen LogP contribution in [0.1, 0.15) is 43.2 Å². The largest absolute Gasteiger partial charge is 0.508 e. The van der Waals surface area contributed by atoms with Crippen LogP contribution in [0, 0.1) is 0 Å². The number of guanidine groups is 1. The Hall–Kier alpha value is -8.81. The van der Waals surface area contributed by atoms with Crippen LogP contribution < -0.4 is 48.7 Å². The topological polar surface area (TPSA) is 396 Å². The summed E-state index contributed by atoms with van der Waals surface area (Å²) in [6, 6.07) is 16.2. The molecule has 1 aromatic heterocycles. The zero-order valence-corrected chi connectivity index (χ0v) is 38.9. The number of benzene rings is 3. The number of phenols is 1. The van der Waals surface area contributed by atoms with Gasteiger partial charge in [-0.3, -0.25) is 38.6 Å². The van der Waals surface area contributed by atoms with Crippen molar-refractivity contribution >= 4 is 53.5 Å². The first kappa shape index (κ1) is 54.1. The number of unbranched alkanes of at least 4 members (excludes halogenated alkanes) is 1. The van der Waals surface area contributed by atoms with E-state index in [1.54, 1.807) is 24.3 Å². The molecular formula is C46H56N14O12. The third-order valence-corrected chi connectivity index (χ3v) is 10.5. The lowest BCUT2D eigenvalue weighted by molar-refractivity contribution is -0.141. The number of rotatable bonds is 21. The van der Waals surface area contributed by atoms with E-state index in [0.29, 0.717) is 29.2 Å². The highest BCUT2D eigenvalue weighted by Crippen LogP contribution is 2.18. The molecule has 382 valence electrons. The minimum atomic E-state index is -1.68. The maximum Gasteiger partial charge on any atom is 0.407 e. The lowest BCUT2D eigenvalue weighted by atomic mass is 10.0. The molecule has 0 bridgehead atoms. The van der Waals surface area contributed by atoms with E-state index in [0.717, 1.165) is 11.1 Å². The molecule has 0 radical (unpaired) electrons. The van der Waals surface area contributed by atoms with Crippen molar-refractivity contribution in [3.63, 3.8) is 0 Å². The molecule has 1 saturated heterocycles. The van der Waals surface area contributed by atoms with E-state index in [1.165, 1.54) is 24.3 Å². The van der Waals surface area contributed by atoms with Crippen molar-refractivity contribution in [2.75, 3.05) is 39.4 Å². The van der Waals surface area contributed by atoms with Crippen molar-refractivity contribution in [1.82, 2.24) is 57.6 Å². The molecule has 2 heterocycles. The fraction of sp³-hybridized carbons (Fsp3) is 0.370. The lowest BCUT2D eigenvalue weighted by Crippen LogP contribution is -2.58. The summed E-state index contributed by atoms with van der Waals surface area (Å²) in [5.74, 6) is -6.18. The second-order valence-electron chi connectivity index (χ2n) is 16.1. The minimum Gasteiger partial charge on any atom is -0.508 e. The Kier molecular flexibility index (Phi) is 21.1. The van der Waals surface area contributed by atoms with E-state index in [4.69, 9.17) is 20.9 Å². The number of carboxylic acid groups (broad SMARTS) is 1. The number of nitrogens with two attached hydrogens (primary N) is 2. The highest BCUT2D eigenvalue weighted by Gasteiger charge is 2.33. The molecule has 0 aliphatic carbocycles. The molecule has 26 heteroatoms. The average molecular weight is 997 g/mol. The molecule has 5 rings (SSSR count). The number of amides is 7. The van der Waals surface area contributed by atoms with E-state index < -0.39 is 91.2 Å². The summed E-state index contributed by atoms with van der Waals surface area (Å²) < 4.78 is 10.7. The van der Waals surface area contributed by atoms with Crippen molar-refractivity contribution in [1.29, 1.82) is 0 Å². The summed E-state index contributed by atoms with van der Waals surface area (Å²) in [5.41, 5.74) is 13.6. The van der Waals surface area contributed by atoms with Crippen molar-refractivity contribution < 1.29 is 58.0 Å². The molecule has 72 heavy (non-hydrogen) atoms. The third-order valence-electron chi connectivity index (χ3n) is 10.5. The number of aliphatic carboxylic acids is 1. The summed E-state index contributed by atoms with van der Waals surface area (Å²) in [4.78, 5) is 107. The molecule has 13 N–H and O–H groups in total. The van der Waals surface area contributed by atoms with E-state index in [1.807, 2.05) is 30.3 Å². The third kappa shape index (κ3) is 18.6. The molecule has 4 atom stereocenters. The van der Waals surface area contributed by atoms with Gasteiger partial charge in [0.25, 0.3) is 0 Å². The number of hydrogen-bond acceptors (Lipinski definition) is 16. The number of carbonyl (C=O) groups is 8. The SMILES string of the molecule is NC(N)=NC[C@@H]1NC(=O)[C@H](CCCCNC(=O)CCOCCNC(=O)OCc2ccc(-c3nnc(-c4ccccc4)nn3)cc2)NC(=O)[C@@H](Cc2ccc(O)cc2)NC(=O)[C@H](CC(=O)O)NC(=O)CNC1=O. The second kappa shape index (κ2) is 28.0. The van der Waals surface area contributed by atoms with Gasteiger partial charge in [0.2, 0.25) is 47.1 Å². The first-order valence-electron chi connectivity index (χ1n) is 22.6. The number of aromatic nitrogens is 4. The fourth-order valence-corrected chi connectivity index (χ4v) is 6.75. The van der Waals surface area contributed by atoms with Crippen molar-refractivity contribution in [3.05, 3.63) is 90.0 Å². The molecule has 0 unspecified atom stereocenters. The Morgan fingerprint density at radius 1 is 0.681 bits per heavy atom. The highest BCUT2D eigenvalue weighted by molar-refractivity contribution is 5.98. The van der Waals surface area contributed by atoms with Gasteiger partial charge in [0.05, 0.1) is 32.7 Å². The molecule has 1 aliphatic rings. The molecule has 1 fully saturated rings. The fourth-order valence-electron chi connectivity index (χ4n) is 6.75. The number of ether oxygens (including phenoxy) is 2. The Labute approximate surface area is 411 Å². The molecule has 4 aromatic rings. The second-order valence-corrected chi connectivity index (χ2v) is 16.1. The van der Waals surface area contributed by atoms with Crippen molar-refractivity contribution in [3.8, 4) is 28.5 Å². The Morgan fingerprint density at radius 2 is 1.29 bits per heavy atom. The molecule has 3 aromatic carbocycles. The number of alkyl carbamates (subject to hydrolysis) is 1. The minimum absolute atomic E-state index is 0.00207. The quantitative estimate of drug-likeness (QED) is 0.0251. The number of hydrogen-bond donors (Lipinski definition) is 11. The summed E-state index contributed by atoms with van der Waals surface area (Å²) in [6.45, 7) is -0.770. The summed E-state index contributed by atoms with van der Waals surface area (Å²) in [6.07, 6.45) is -1.20. The first-order valence-corrected chi connectivity index (χ1v) is 22.6. The van der Waals surface area contributed by atoms with Crippen LogP contribution in [0.15, 0.2) is 83.9 Å². The van der Waals surface area contributed by atoms with Gasteiger partial charge in [-0.25, -0.2) is 4.79 Å². The van der Waals surface area contributed by atoms with E-state index >= 15 is 0 Å². The normalized spacial score (nSPS) is 17.5. The standard InChI is InChI=1S/C46H56N14O12/c47-45(48)52-24-35-41(66)51-25-37(63)53-34(23-38(64)65)44(69)55-33(22-27-11-15-31(61)16-12-27)43(68)54-32(42(67)56-35)8-4-5-18-49-36(62)17-20-71-21-19-50-46(70)72-26-28-9-13-30(14-10-28)40-59-57-39(58-60-40)29-6-2-1-3-7-29/h1-3,6-7,9-16,32-35,61H,4-5,8,17-26H2,(H,49,62)(H,50,70)(H,51,66)(H,53,63)(H,54,68)(H,55,69)(H,56,67)(H,64,65)(H4,47,48,52)/t32-,33+,34-,35-/m0/s1. The first-order chi connectivity index (χ1) is 34.6. The smallest absolute Gasteiger partial charge is 0.407 e. The van der Waals surface area contributed by atoms with Crippen molar-refractivity contribution in [2.45, 2.75) is 69.3 Å². The Morgan fingerprint density at radius 3 is 1.96 bits per heavy atom. The van der Waals surface area contributed by atoms with Gasteiger partial charge >= 0.3 is 12.1 Å². The Balaban J connectivity index is 1.06. The van der Waals surface area contributed by atoms with Gasteiger partial charge in [-0.15, -0.1) is 20.4 Å². The number of aliphatic imine (C=N–C) groups is 1. The van der Waals surface area contributed by atoms with Crippen LogP contribution in [-0.4, -0.2) is 148 Å². The van der Waals surface area contributed by atoms with Gasteiger partial charge < -0.3 is 68.4 Å². The predicted molar refractivity (Wildman–Crippen MR) is 254 cm³/mol.